The van der Waals surface area contributed by atoms with Gasteiger partial charge in [0, 0.05) is 0 Å². The van der Waals surface area contributed by atoms with Crippen LogP contribution in [0.5, 0.6) is 0 Å². The highest BCUT2D eigenvalue weighted by molar-refractivity contribution is 5.94. The molecule has 1 heterocycles. The topological polar surface area (TPSA) is 46.5 Å². The molecule has 11 heavy (non-hydrogen) atoms. The molecule has 0 radical (unpaired) electrons. The summed E-state index contributed by atoms with van der Waals surface area (Å²) in [6.45, 7) is 1.97. The Bertz CT molecular complexity index is 174. The Kier molecular flexibility index (Phi) is 2.79. The molecule has 0 fully saturated rings. The molecule has 0 aromatic heterocycles. The summed E-state index contributed by atoms with van der Waals surface area (Å²) in [6.07, 6.45) is 2.98. The van der Waals surface area contributed by atoms with Crippen LogP contribution in [0.25, 0.3) is 0 Å². The number of aliphatic hydroxyl groups excluding tert-OH is 1. The van der Waals surface area contributed by atoms with E-state index in [1.807, 2.05) is 6.92 Å². The Morgan fingerprint density at radius 3 is 3.09 bits per heavy atom. The van der Waals surface area contributed by atoms with E-state index in [-0.39, 0.29) is 5.78 Å². The van der Waals surface area contributed by atoms with Crippen LogP contribution in [0, 0.1) is 0 Å². The number of carbonyl (C=O) groups is 1. The lowest BCUT2D eigenvalue weighted by molar-refractivity contribution is -0.148. The summed E-state index contributed by atoms with van der Waals surface area (Å²) < 4.78 is 4.96. The van der Waals surface area contributed by atoms with Gasteiger partial charge in [0.25, 0.3) is 0 Å². The van der Waals surface area contributed by atoms with E-state index >= 15 is 0 Å². The highest BCUT2D eigenvalue weighted by Crippen LogP contribution is 2.11. The Balaban J connectivity index is 2.53. The van der Waals surface area contributed by atoms with E-state index in [0.717, 1.165) is 6.42 Å². The molecule has 3 nitrogen and oxygen atoms in total. The molecule has 2 unspecified atom stereocenters. The van der Waals surface area contributed by atoms with Gasteiger partial charge in [0.15, 0.2) is 12.1 Å². The molecule has 1 aliphatic rings. The number of ether oxygens (including phenoxy) is 1. The minimum absolute atomic E-state index is 0.0443. The normalized spacial score (nSPS) is 30.9. The zero-order chi connectivity index (χ0) is 8.27. The number of hydrogen-bond donors (Lipinski definition) is 1. The van der Waals surface area contributed by atoms with E-state index in [0.29, 0.717) is 6.42 Å². The first-order valence-corrected chi connectivity index (χ1v) is 3.79. The Morgan fingerprint density at radius 2 is 2.45 bits per heavy atom. The largest absolute Gasteiger partial charge is 0.365 e. The maximum Gasteiger partial charge on any atom is 0.184 e. The smallest absolute Gasteiger partial charge is 0.184 e. The second-order valence-electron chi connectivity index (χ2n) is 2.57. The second-order valence-corrected chi connectivity index (χ2v) is 2.57. The van der Waals surface area contributed by atoms with Crippen molar-refractivity contribution in [2.75, 3.05) is 0 Å². The van der Waals surface area contributed by atoms with Gasteiger partial charge in [-0.15, -0.1) is 0 Å². The summed E-state index contributed by atoms with van der Waals surface area (Å²) in [5.41, 5.74) is 0. The molecule has 0 aromatic carbocycles. The van der Waals surface area contributed by atoms with Crippen molar-refractivity contribution in [3.05, 3.63) is 12.2 Å². The molecule has 0 saturated carbocycles. The van der Waals surface area contributed by atoms with Crippen molar-refractivity contribution in [2.24, 2.45) is 0 Å². The summed E-state index contributed by atoms with van der Waals surface area (Å²) in [4.78, 5) is 11.0. The maximum atomic E-state index is 11.0. The van der Waals surface area contributed by atoms with Gasteiger partial charge in [0.05, 0.1) is 0 Å². The van der Waals surface area contributed by atoms with Crippen molar-refractivity contribution in [1.29, 1.82) is 0 Å². The number of rotatable bonds is 2. The van der Waals surface area contributed by atoms with Crippen LogP contribution in [0.4, 0.5) is 0 Å². The van der Waals surface area contributed by atoms with Gasteiger partial charge in [-0.1, -0.05) is 13.3 Å². The fourth-order valence-corrected chi connectivity index (χ4v) is 1.04. The number of carbonyl (C=O) groups excluding carboxylic acids is 1. The van der Waals surface area contributed by atoms with Gasteiger partial charge in [-0.3, -0.25) is 4.79 Å². The van der Waals surface area contributed by atoms with Gasteiger partial charge in [0.2, 0.25) is 0 Å². The van der Waals surface area contributed by atoms with Crippen molar-refractivity contribution in [2.45, 2.75) is 32.2 Å². The van der Waals surface area contributed by atoms with Crippen LogP contribution >= 0.6 is 0 Å². The van der Waals surface area contributed by atoms with Crippen molar-refractivity contribution in [3.63, 3.8) is 0 Å². The quantitative estimate of drug-likeness (QED) is 0.637. The van der Waals surface area contributed by atoms with E-state index in [4.69, 9.17) is 9.84 Å². The molecular formula is C8H12O3. The SMILES string of the molecule is CCCC1OC(O)C=CC1=O. The molecule has 1 N–H and O–H groups in total. The number of aliphatic hydroxyl groups is 1. The van der Waals surface area contributed by atoms with Gasteiger partial charge in [-0.05, 0) is 18.6 Å². The summed E-state index contributed by atoms with van der Waals surface area (Å²) in [5, 5.41) is 8.96. The van der Waals surface area contributed by atoms with Crippen molar-refractivity contribution < 1.29 is 14.6 Å². The van der Waals surface area contributed by atoms with Gasteiger partial charge in [0.1, 0.15) is 6.10 Å². The third-order valence-electron chi connectivity index (χ3n) is 1.60. The highest BCUT2D eigenvalue weighted by Gasteiger charge is 2.22. The van der Waals surface area contributed by atoms with Crippen LogP contribution in [0.1, 0.15) is 19.8 Å². The minimum atomic E-state index is -0.899. The third-order valence-corrected chi connectivity index (χ3v) is 1.60. The average Bonchev–Trinajstić information content (AvgIpc) is 1.98. The lowest BCUT2D eigenvalue weighted by Crippen LogP contribution is -2.31. The minimum Gasteiger partial charge on any atom is -0.365 e. The number of ketones is 1. The van der Waals surface area contributed by atoms with Crippen molar-refractivity contribution >= 4 is 5.78 Å². The molecule has 1 rings (SSSR count). The molecule has 2 atom stereocenters. The first-order valence-electron chi connectivity index (χ1n) is 3.79. The van der Waals surface area contributed by atoms with Crippen LogP contribution in [-0.2, 0) is 9.53 Å². The Labute approximate surface area is 65.7 Å². The van der Waals surface area contributed by atoms with Gasteiger partial charge >= 0.3 is 0 Å². The second kappa shape index (κ2) is 3.64. The van der Waals surface area contributed by atoms with Crippen LogP contribution in [0.3, 0.4) is 0 Å². The fraction of sp³-hybridized carbons (Fsp3) is 0.625. The van der Waals surface area contributed by atoms with E-state index < -0.39 is 12.4 Å². The molecule has 0 bridgehead atoms. The van der Waals surface area contributed by atoms with E-state index in [1.54, 1.807) is 0 Å². The van der Waals surface area contributed by atoms with Crippen molar-refractivity contribution in [1.82, 2.24) is 0 Å². The monoisotopic (exact) mass is 156 g/mol. The zero-order valence-corrected chi connectivity index (χ0v) is 6.49. The van der Waals surface area contributed by atoms with E-state index in [2.05, 4.69) is 0 Å². The molecule has 0 saturated heterocycles. The summed E-state index contributed by atoms with van der Waals surface area (Å²) in [5.74, 6) is -0.0443. The molecule has 0 amide bonds. The lowest BCUT2D eigenvalue weighted by Gasteiger charge is -2.20. The Morgan fingerprint density at radius 1 is 1.73 bits per heavy atom. The molecule has 0 aliphatic carbocycles. The lowest BCUT2D eigenvalue weighted by atomic mass is 10.1. The standard InChI is InChI=1S/C8H12O3/c1-2-3-7-6(9)4-5-8(10)11-7/h4-5,7-8,10H,2-3H2,1H3. The average molecular weight is 156 g/mol. The van der Waals surface area contributed by atoms with Gasteiger partial charge in [-0.2, -0.15) is 0 Å². The molecular weight excluding hydrogens is 144 g/mol. The first-order chi connectivity index (χ1) is 5.24. The maximum absolute atomic E-state index is 11.0. The summed E-state index contributed by atoms with van der Waals surface area (Å²) in [7, 11) is 0. The summed E-state index contributed by atoms with van der Waals surface area (Å²) in [6, 6.07) is 0. The van der Waals surface area contributed by atoms with E-state index in [9.17, 15) is 4.79 Å². The highest BCUT2D eigenvalue weighted by atomic mass is 16.6. The summed E-state index contributed by atoms with van der Waals surface area (Å²) >= 11 is 0. The molecule has 1 aliphatic heterocycles. The molecule has 0 aromatic rings. The predicted molar refractivity (Wildman–Crippen MR) is 39.9 cm³/mol. The number of hydrogen-bond acceptors (Lipinski definition) is 3. The molecule has 3 heteroatoms. The molecule has 62 valence electrons. The van der Waals surface area contributed by atoms with Crippen molar-refractivity contribution in [3.8, 4) is 0 Å². The fourth-order valence-electron chi connectivity index (χ4n) is 1.04. The van der Waals surface area contributed by atoms with Gasteiger partial charge < -0.3 is 9.84 Å². The zero-order valence-electron chi connectivity index (χ0n) is 6.49. The first kappa shape index (κ1) is 8.43. The Hall–Kier alpha value is -0.670. The van der Waals surface area contributed by atoms with Gasteiger partial charge in [-0.25, -0.2) is 0 Å². The van der Waals surface area contributed by atoms with Crippen LogP contribution < -0.4 is 0 Å². The van der Waals surface area contributed by atoms with Crippen LogP contribution in [-0.4, -0.2) is 23.3 Å². The predicted octanol–water partition coefficient (Wildman–Crippen LogP) is 0.629. The third kappa shape index (κ3) is 2.13. The molecule has 0 spiro atoms. The van der Waals surface area contributed by atoms with Crippen LogP contribution in [0.15, 0.2) is 12.2 Å². The van der Waals surface area contributed by atoms with Crippen LogP contribution in [0.2, 0.25) is 0 Å². The van der Waals surface area contributed by atoms with E-state index in [1.165, 1.54) is 12.2 Å².